The van der Waals surface area contributed by atoms with E-state index in [9.17, 15) is 0 Å². The number of guanidine groups is 1. The maximum absolute atomic E-state index is 5.34. The second kappa shape index (κ2) is 9.76. The zero-order valence-corrected chi connectivity index (χ0v) is 18.9. The molecule has 0 radical (unpaired) electrons. The van der Waals surface area contributed by atoms with Crippen molar-refractivity contribution in [1.82, 2.24) is 25.4 Å². The Balaban J connectivity index is 0.00000225. The van der Waals surface area contributed by atoms with E-state index in [2.05, 4.69) is 32.3 Å². The Morgan fingerprint density at radius 2 is 2.18 bits per heavy atom. The first-order valence-corrected chi connectivity index (χ1v) is 10.3. The fourth-order valence-corrected chi connectivity index (χ4v) is 4.44. The van der Waals surface area contributed by atoms with Gasteiger partial charge in [-0.3, -0.25) is 10.1 Å². The molecule has 2 aromatic rings. The second-order valence-electron chi connectivity index (χ2n) is 7.80. The molecule has 1 aliphatic carbocycles. The van der Waals surface area contributed by atoms with E-state index in [-0.39, 0.29) is 24.0 Å². The summed E-state index contributed by atoms with van der Waals surface area (Å²) in [4.78, 5) is 11.8. The summed E-state index contributed by atoms with van der Waals surface area (Å²) in [7, 11) is 0. The smallest absolute Gasteiger partial charge is 0.216 e. The first-order chi connectivity index (χ1) is 13.3. The maximum atomic E-state index is 5.34. The summed E-state index contributed by atoms with van der Waals surface area (Å²) in [5, 5.41) is 10.7. The Kier molecular flexibility index (Phi) is 7.36. The zero-order chi connectivity index (χ0) is 18.5. The Hall–Kier alpha value is -1.58. The third kappa shape index (κ3) is 4.87. The van der Waals surface area contributed by atoms with E-state index in [0.29, 0.717) is 23.5 Å². The Morgan fingerprint density at radius 1 is 1.32 bits per heavy atom. The van der Waals surface area contributed by atoms with Gasteiger partial charge in [0.05, 0.1) is 6.26 Å². The number of hydrogen-bond donors (Lipinski definition) is 2. The lowest BCUT2D eigenvalue weighted by atomic mass is 9.73. The molecule has 1 spiro atoms. The largest absolute Gasteiger partial charge is 0.461 e. The monoisotopic (exact) mass is 498 g/mol. The second-order valence-corrected chi connectivity index (χ2v) is 7.80. The van der Waals surface area contributed by atoms with Crippen molar-refractivity contribution in [1.29, 1.82) is 0 Å². The maximum Gasteiger partial charge on any atom is 0.216 e. The molecule has 1 aliphatic heterocycles. The predicted molar refractivity (Wildman–Crippen MR) is 121 cm³/mol. The van der Waals surface area contributed by atoms with Gasteiger partial charge < -0.3 is 14.6 Å². The van der Waals surface area contributed by atoms with E-state index in [1.54, 1.807) is 6.26 Å². The van der Waals surface area contributed by atoms with Crippen LogP contribution >= 0.6 is 24.0 Å². The molecule has 0 unspecified atom stereocenters. The van der Waals surface area contributed by atoms with Crippen LogP contribution in [0.2, 0.25) is 0 Å². The quantitative estimate of drug-likeness (QED) is 0.372. The Labute approximate surface area is 183 Å². The number of furan rings is 1. The summed E-state index contributed by atoms with van der Waals surface area (Å²) in [6, 6.07) is 3.70. The van der Waals surface area contributed by atoms with Gasteiger partial charge >= 0.3 is 0 Å². The van der Waals surface area contributed by atoms with Crippen LogP contribution in [0.1, 0.15) is 51.3 Å². The third-order valence-corrected chi connectivity index (χ3v) is 5.87. The van der Waals surface area contributed by atoms with Gasteiger partial charge in [0.15, 0.2) is 11.7 Å². The average molecular weight is 498 g/mol. The van der Waals surface area contributed by atoms with Crippen molar-refractivity contribution in [2.24, 2.45) is 10.4 Å². The third-order valence-electron chi connectivity index (χ3n) is 5.87. The molecule has 0 amide bonds. The van der Waals surface area contributed by atoms with E-state index in [1.165, 1.54) is 38.5 Å². The van der Waals surface area contributed by atoms with Crippen molar-refractivity contribution in [3.8, 4) is 11.6 Å². The zero-order valence-electron chi connectivity index (χ0n) is 16.6. The Bertz CT molecular complexity index is 751. The minimum absolute atomic E-state index is 0. The van der Waals surface area contributed by atoms with Crippen molar-refractivity contribution in [3.05, 3.63) is 24.2 Å². The van der Waals surface area contributed by atoms with Crippen LogP contribution in [-0.2, 0) is 6.42 Å². The van der Waals surface area contributed by atoms with Gasteiger partial charge in [-0.2, -0.15) is 5.10 Å². The van der Waals surface area contributed by atoms with Gasteiger partial charge in [-0.25, -0.2) is 4.98 Å². The van der Waals surface area contributed by atoms with Crippen molar-refractivity contribution in [3.63, 3.8) is 0 Å². The molecule has 2 N–H and O–H groups in total. The van der Waals surface area contributed by atoms with Crippen molar-refractivity contribution < 1.29 is 4.42 Å². The molecule has 0 atom stereocenters. The number of aliphatic imine (C=N–C) groups is 1. The van der Waals surface area contributed by atoms with Crippen molar-refractivity contribution in [2.45, 2.75) is 51.9 Å². The van der Waals surface area contributed by atoms with E-state index >= 15 is 0 Å². The fourth-order valence-electron chi connectivity index (χ4n) is 4.44. The molecule has 28 heavy (non-hydrogen) atoms. The topological polar surface area (TPSA) is 82.3 Å². The van der Waals surface area contributed by atoms with Gasteiger partial charge in [0, 0.05) is 32.6 Å². The molecular formula is C20H31IN6O. The molecule has 7 nitrogen and oxygen atoms in total. The van der Waals surface area contributed by atoms with Crippen LogP contribution in [0.4, 0.5) is 0 Å². The summed E-state index contributed by atoms with van der Waals surface area (Å²) in [5.41, 5.74) is 0.539. The van der Waals surface area contributed by atoms with Gasteiger partial charge in [-0.05, 0) is 43.7 Å². The number of aromatic nitrogens is 3. The van der Waals surface area contributed by atoms with E-state index in [1.807, 2.05) is 12.1 Å². The summed E-state index contributed by atoms with van der Waals surface area (Å²) in [6.45, 7) is 6.00. The molecule has 1 saturated carbocycles. The van der Waals surface area contributed by atoms with E-state index < -0.39 is 0 Å². The SMILES string of the molecule is CCNC(=NCCc1nc(-c2ccco2)n[nH]1)N1CCC2(CCCCC2)C1.I. The Morgan fingerprint density at radius 3 is 2.93 bits per heavy atom. The van der Waals surface area contributed by atoms with E-state index in [0.717, 1.165) is 37.8 Å². The number of likely N-dealkylation sites (tertiary alicyclic amines) is 1. The summed E-state index contributed by atoms with van der Waals surface area (Å²) >= 11 is 0. The summed E-state index contributed by atoms with van der Waals surface area (Å²) in [6.07, 6.45) is 10.7. The molecule has 154 valence electrons. The molecule has 8 heteroatoms. The standard InChI is InChI=1S/C20H30N6O.HI/c1-2-21-19(26-13-11-20(15-26)9-4-3-5-10-20)22-12-8-17-23-18(25-24-17)16-7-6-14-27-16;/h6-7,14H,2-5,8-13,15H2,1H3,(H,21,22)(H,23,24,25);1H. The number of rotatable bonds is 5. The molecule has 0 bridgehead atoms. The number of nitrogens with zero attached hydrogens (tertiary/aromatic N) is 4. The highest BCUT2D eigenvalue weighted by Gasteiger charge is 2.39. The first-order valence-electron chi connectivity index (χ1n) is 10.3. The molecule has 3 heterocycles. The van der Waals surface area contributed by atoms with Gasteiger partial charge in [0.2, 0.25) is 5.82 Å². The molecule has 4 rings (SSSR count). The molecule has 1 saturated heterocycles. The molecule has 2 aliphatic rings. The van der Waals surface area contributed by atoms with Crippen LogP contribution in [0.5, 0.6) is 0 Å². The number of aromatic amines is 1. The normalized spacial score (nSPS) is 19.0. The average Bonchev–Trinajstić information content (AvgIpc) is 3.43. The molecule has 0 aromatic carbocycles. The van der Waals surface area contributed by atoms with Crippen LogP contribution in [-0.4, -0.2) is 52.2 Å². The van der Waals surface area contributed by atoms with Gasteiger partial charge in [0.25, 0.3) is 0 Å². The molecule has 2 aromatic heterocycles. The van der Waals surface area contributed by atoms with Crippen LogP contribution in [0.15, 0.2) is 27.8 Å². The highest BCUT2D eigenvalue weighted by molar-refractivity contribution is 14.0. The number of halogens is 1. The minimum atomic E-state index is 0. The number of H-pyrrole nitrogens is 1. The van der Waals surface area contributed by atoms with Crippen molar-refractivity contribution in [2.75, 3.05) is 26.2 Å². The lowest BCUT2D eigenvalue weighted by Gasteiger charge is -2.33. The highest BCUT2D eigenvalue weighted by atomic mass is 127. The lowest BCUT2D eigenvalue weighted by molar-refractivity contribution is 0.203. The number of hydrogen-bond acceptors (Lipinski definition) is 4. The van der Waals surface area contributed by atoms with Crippen LogP contribution in [0, 0.1) is 5.41 Å². The van der Waals surface area contributed by atoms with Gasteiger partial charge in [0.1, 0.15) is 5.82 Å². The number of nitrogens with one attached hydrogen (secondary N) is 2. The predicted octanol–water partition coefficient (Wildman–Crippen LogP) is 3.85. The summed E-state index contributed by atoms with van der Waals surface area (Å²) in [5.74, 6) is 3.17. The van der Waals surface area contributed by atoms with Crippen LogP contribution < -0.4 is 5.32 Å². The van der Waals surface area contributed by atoms with Crippen molar-refractivity contribution >= 4 is 29.9 Å². The fraction of sp³-hybridized carbons (Fsp3) is 0.650. The van der Waals surface area contributed by atoms with Crippen LogP contribution in [0.3, 0.4) is 0 Å². The minimum Gasteiger partial charge on any atom is -0.461 e. The molecule has 2 fully saturated rings. The highest BCUT2D eigenvalue weighted by Crippen LogP contribution is 2.43. The lowest BCUT2D eigenvalue weighted by Crippen LogP contribution is -2.41. The first kappa shape index (κ1) is 21.1. The van der Waals surface area contributed by atoms with Crippen LogP contribution in [0.25, 0.3) is 11.6 Å². The van der Waals surface area contributed by atoms with E-state index in [4.69, 9.17) is 9.41 Å². The van der Waals surface area contributed by atoms with Gasteiger partial charge in [-0.15, -0.1) is 24.0 Å². The van der Waals surface area contributed by atoms with Gasteiger partial charge in [-0.1, -0.05) is 19.3 Å². The summed E-state index contributed by atoms with van der Waals surface area (Å²) < 4.78 is 5.34. The molecular weight excluding hydrogens is 467 g/mol.